The highest BCUT2D eigenvalue weighted by atomic mass is 16.3. The van der Waals surface area contributed by atoms with E-state index < -0.39 is 0 Å². The van der Waals surface area contributed by atoms with Crippen molar-refractivity contribution in [3.63, 3.8) is 0 Å². The highest BCUT2D eigenvalue weighted by Crippen LogP contribution is 2.39. The molecule has 3 heteroatoms. The SMILES string of the molecule is C=c1c2cccc3c2-n(c2ccccc12)c1ccccc1n3-c1cccc2c1oc1ccccc12. The number of furan rings is 1. The van der Waals surface area contributed by atoms with Gasteiger partial charge in [-0.2, -0.15) is 0 Å². The predicted molar refractivity (Wildman–Crippen MR) is 146 cm³/mol. The molecule has 0 saturated heterocycles. The zero-order chi connectivity index (χ0) is 23.1. The Morgan fingerprint density at radius 1 is 0.486 bits per heavy atom. The lowest BCUT2D eigenvalue weighted by atomic mass is 10.0. The first-order chi connectivity index (χ1) is 17.3. The standard InChI is InChI=1S/C32H20N2O/c1-20-21-10-2-4-14-25(21)34-27-16-6-5-15-26(27)33(28-17-8-12-22(20)31(28)34)29-18-9-13-24-23-11-3-7-19-30(23)35-32(24)29/h2-19H,1H2. The van der Waals surface area contributed by atoms with Gasteiger partial charge in [-0.15, -0.1) is 0 Å². The molecule has 2 aliphatic heterocycles. The van der Waals surface area contributed by atoms with Gasteiger partial charge in [-0.1, -0.05) is 79.4 Å². The molecule has 0 N–H and O–H groups in total. The second-order valence-corrected chi connectivity index (χ2v) is 9.08. The van der Waals surface area contributed by atoms with Crippen LogP contribution in [-0.4, -0.2) is 9.13 Å². The first-order valence-corrected chi connectivity index (χ1v) is 11.8. The van der Waals surface area contributed by atoms with Crippen molar-refractivity contribution in [1.29, 1.82) is 0 Å². The minimum atomic E-state index is 0.893. The number of pyridine rings is 1. The summed E-state index contributed by atoms with van der Waals surface area (Å²) in [6, 6.07) is 38.3. The maximum atomic E-state index is 6.47. The normalized spacial score (nSPS) is 12.1. The van der Waals surface area contributed by atoms with E-state index in [0.717, 1.165) is 66.0 Å². The van der Waals surface area contributed by atoms with Crippen molar-refractivity contribution in [2.45, 2.75) is 0 Å². The number of hydrogen-bond donors (Lipinski definition) is 0. The Bertz CT molecular complexity index is 2140. The van der Waals surface area contributed by atoms with Gasteiger partial charge >= 0.3 is 0 Å². The topological polar surface area (TPSA) is 23.0 Å². The van der Waals surface area contributed by atoms with Gasteiger partial charge in [-0.3, -0.25) is 0 Å². The predicted octanol–water partition coefficient (Wildman–Crippen LogP) is 7.76. The van der Waals surface area contributed by atoms with Crippen LogP contribution in [0, 0.1) is 0 Å². The third kappa shape index (κ3) is 2.34. The Labute approximate surface area is 200 Å². The van der Waals surface area contributed by atoms with Crippen LogP contribution in [0.25, 0.3) is 72.7 Å². The Morgan fingerprint density at radius 2 is 1.09 bits per heavy atom. The highest BCUT2D eigenvalue weighted by molar-refractivity contribution is 6.09. The molecule has 0 bridgehead atoms. The molecule has 0 amide bonds. The van der Waals surface area contributed by atoms with Crippen molar-refractivity contribution in [3.05, 3.63) is 114 Å². The number of nitrogens with zero attached hydrogens (tertiary/aromatic N) is 2. The van der Waals surface area contributed by atoms with E-state index >= 15 is 0 Å². The summed E-state index contributed by atoms with van der Waals surface area (Å²) in [4.78, 5) is 0. The molecule has 0 fully saturated rings. The van der Waals surface area contributed by atoms with E-state index in [2.05, 4.69) is 113 Å². The van der Waals surface area contributed by atoms with Crippen LogP contribution in [-0.2, 0) is 0 Å². The molecular weight excluding hydrogens is 428 g/mol. The highest BCUT2D eigenvalue weighted by Gasteiger charge is 2.22. The zero-order valence-electron chi connectivity index (χ0n) is 18.9. The molecule has 0 saturated carbocycles. The fourth-order valence-corrected chi connectivity index (χ4v) is 5.77. The molecule has 0 aliphatic carbocycles. The van der Waals surface area contributed by atoms with E-state index in [1.165, 1.54) is 5.39 Å². The van der Waals surface area contributed by atoms with Crippen molar-refractivity contribution in [1.82, 2.24) is 9.13 Å². The lowest BCUT2D eigenvalue weighted by molar-refractivity contribution is 0.666. The summed E-state index contributed by atoms with van der Waals surface area (Å²) < 4.78 is 11.2. The summed E-state index contributed by atoms with van der Waals surface area (Å²) in [5.74, 6) is 0. The van der Waals surface area contributed by atoms with Gasteiger partial charge in [0.1, 0.15) is 5.58 Å². The van der Waals surface area contributed by atoms with E-state index in [1.54, 1.807) is 0 Å². The second-order valence-electron chi connectivity index (χ2n) is 9.08. The molecular formula is C32H20N2O. The van der Waals surface area contributed by atoms with Crippen molar-refractivity contribution < 1.29 is 4.42 Å². The van der Waals surface area contributed by atoms with Crippen LogP contribution >= 0.6 is 0 Å². The molecule has 5 aromatic carbocycles. The molecule has 0 spiro atoms. The van der Waals surface area contributed by atoms with E-state index in [1.807, 2.05) is 12.1 Å². The molecule has 6 aromatic rings. The van der Waals surface area contributed by atoms with Gasteiger partial charge < -0.3 is 13.6 Å². The fourth-order valence-electron chi connectivity index (χ4n) is 5.77. The van der Waals surface area contributed by atoms with E-state index in [-0.39, 0.29) is 0 Å². The molecule has 1 aromatic heterocycles. The fraction of sp³-hybridized carbons (Fsp3) is 0. The minimum absolute atomic E-state index is 0.893. The molecule has 0 unspecified atom stereocenters. The number of hydrogen-bond acceptors (Lipinski definition) is 1. The molecule has 2 aliphatic rings. The Balaban J connectivity index is 1.67. The molecule has 35 heavy (non-hydrogen) atoms. The molecule has 0 radical (unpaired) electrons. The Morgan fingerprint density at radius 3 is 1.94 bits per heavy atom. The van der Waals surface area contributed by atoms with Crippen LogP contribution in [0.15, 0.2) is 114 Å². The largest absolute Gasteiger partial charge is 0.454 e. The lowest BCUT2D eigenvalue weighted by Gasteiger charge is -2.26. The van der Waals surface area contributed by atoms with Crippen molar-refractivity contribution >= 4 is 61.4 Å². The van der Waals surface area contributed by atoms with Crippen molar-refractivity contribution in [2.24, 2.45) is 0 Å². The van der Waals surface area contributed by atoms with E-state index in [4.69, 9.17) is 4.42 Å². The van der Waals surface area contributed by atoms with Gasteiger partial charge in [0.2, 0.25) is 0 Å². The van der Waals surface area contributed by atoms with Crippen LogP contribution in [0.4, 0.5) is 0 Å². The first kappa shape index (κ1) is 18.6. The van der Waals surface area contributed by atoms with Gasteiger partial charge in [0.15, 0.2) is 5.58 Å². The average Bonchev–Trinajstić information content (AvgIpc) is 3.30. The van der Waals surface area contributed by atoms with Crippen LogP contribution in [0.5, 0.6) is 0 Å². The number of aromatic nitrogens is 2. The molecule has 3 heterocycles. The maximum absolute atomic E-state index is 6.47. The smallest absolute Gasteiger partial charge is 0.159 e. The third-order valence-corrected chi connectivity index (χ3v) is 7.26. The quantitative estimate of drug-likeness (QED) is 0.186. The van der Waals surface area contributed by atoms with Crippen LogP contribution < -0.4 is 5.22 Å². The van der Waals surface area contributed by atoms with Gasteiger partial charge in [-0.05, 0) is 41.6 Å². The summed E-state index contributed by atoms with van der Waals surface area (Å²) >= 11 is 0. The minimum Gasteiger partial charge on any atom is -0.454 e. The Kier molecular flexibility index (Phi) is 3.54. The summed E-state index contributed by atoms with van der Waals surface area (Å²) in [5, 5.41) is 5.62. The second kappa shape index (κ2) is 6.64. The van der Waals surface area contributed by atoms with Gasteiger partial charge in [0.05, 0.1) is 33.4 Å². The molecule has 0 atom stereocenters. The van der Waals surface area contributed by atoms with E-state index in [9.17, 15) is 0 Å². The number of rotatable bonds is 1. The first-order valence-electron chi connectivity index (χ1n) is 11.8. The monoisotopic (exact) mass is 448 g/mol. The maximum Gasteiger partial charge on any atom is 0.159 e. The number of benzene rings is 5. The molecule has 3 nitrogen and oxygen atoms in total. The Hall–Kier alpha value is -4.76. The number of fused-ring (bicyclic) bond motifs is 7. The molecule has 8 rings (SSSR count). The van der Waals surface area contributed by atoms with Crippen LogP contribution in [0.2, 0.25) is 0 Å². The van der Waals surface area contributed by atoms with Crippen LogP contribution in [0.3, 0.4) is 0 Å². The van der Waals surface area contributed by atoms with E-state index in [0.29, 0.717) is 0 Å². The molecule has 164 valence electrons. The average molecular weight is 449 g/mol. The zero-order valence-corrected chi connectivity index (χ0v) is 18.9. The third-order valence-electron chi connectivity index (χ3n) is 7.26. The summed E-state index contributed by atoms with van der Waals surface area (Å²) in [7, 11) is 0. The van der Waals surface area contributed by atoms with Crippen molar-refractivity contribution in [2.75, 3.05) is 0 Å². The number of para-hydroxylation sites is 6. The van der Waals surface area contributed by atoms with Gasteiger partial charge in [0, 0.05) is 21.5 Å². The van der Waals surface area contributed by atoms with Gasteiger partial charge in [0.25, 0.3) is 0 Å². The van der Waals surface area contributed by atoms with Crippen molar-refractivity contribution in [3.8, 4) is 11.4 Å². The lowest BCUT2D eigenvalue weighted by Crippen LogP contribution is -2.16. The van der Waals surface area contributed by atoms with Gasteiger partial charge in [-0.25, -0.2) is 0 Å². The summed E-state index contributed by atoms with van der Waals surface area (Å²) in [6.45, 7) is 4.50. The summed E-state index contributed by atoms with van der Waals surface area (Å²) in [5.41, 5.74) is 8.51. The van der Waals surface area contributed by atoms with Crippen LogP contribution in [0.1, 0.15) is 0 Å². The summed E-state index contributed by atoms with van der Waals surface area (Å²) in [6.07, 6.45) is 0.